The molecular weight excluding hydrogens is 299 g/mol. The fourth-order valence-corrected chi connectivity index (χ4v) is 3.34. The highest BCUT2D eigenvalue weighted by molar-refractivity contribution is 5.82. The summed E-state index contributed by atoms with van der Waals surface area (Å²) in [5.41, 5.74) is 0.758. The van der Waals surface area contributed by atoms with E-state index in [9.17, 15) is 9.18 Å². The van der Waals surface area contributed by atoms with Crippen molar-refractivity contribution >= 4 is 5.91 Å². The van der Waals surface area contributed by atoms with Crippen molar-refractivity contribution in [2.24, 2.45) is 0 Å². The fourth-order valence-electron chi connectivity index (χ4n) is 3.34. The number of ether oxygens (including phenoxy) is 1. The summed E-state index contributed by atoms with van der Waals surface area (Å²) in [6, 6.07) is 4.54. The molecule has 2 aromatic rings. The zero-order chi connectivity index (χ0) is 15.8. The summed E-state index contributed by atoms with van der Waals surface area (Å²) >= 11 is 0. The van der Waals surface area contributed by atoms with Crippen molar-refractivity contribution < 1.29 is 13.9 Å². The third-order valence-corrected chi connectivity index (χ3v) is 4.49. The van der Waals surface area contributed by atoms with Gasteiger partial charge in [-0.3, -0.25) is 4.79 Å². The van der Waals surface area contributed by atoms with Crippen LogP contribution in [0.5, 0.6) is 5.75 Å². The van der Waals surface area contributed by atoms with Crippen molar-refractivity contribution in [1.29, 1.82) is 0 Å². The predicted molar refractivity (Wildman–Crippen MR) is 79.4 cm³/mol. The van der Waals surface area contributed by atoms with Crippen LogP contribution in [0.4, 0.5) is 4.39 Å². The number of nitrogens with zero attached hydrogens (tertiary/aromatic N) is 4. The number of amides is 1. The fraction of sp³-hybridized carbons (Fsp3) is 0.438. The monoisotopic (exact) mass is 316 g/mol. The van der Waals surface area contributed by atoms with E-state index in [4.69, 9.17) is 4.74 Å². The Kier molecular flexibility index (Phi) is 3.48. The van der Waals surface area contributed by atoms with Crippen molar-refractivity contribution in [2.75, 3.05) is 13.1 Å². The van der Waals surface area contributed by atoms with Gasteiger partial charge in [0.15, 0.2) is 6.10 Å². The smallest absolute Gasteiger partial charge is 0.264 e. The van der Waals surface area contributed by atoms with Crippen LogP contribution < -0.4 is 4.74 Å². The summed E-state index contributed by atoms with van der Waals surface area (Å²) in [5.74, 6) is 0.269. The Morgan fingerprint density at radius 3 is 3.13 bits per heavy atom. The molecule has 4 rings (SSSR count). The number of rotatable bonds is 2. The van der Waals surface area contributed by atoms with Gasteiger partial charge < -0.3 is 9.64 Å². The van der Waals surface area contributed by atoms with E-state index < -0.39 is 6.10 Å². The van der Waals surface area contributed by atoms with Gasteiger partial charge in [0.05, 0.1) is 6.04 Å². The van der Waals surface area contributed by atoms with Gasteiger partial charge in [0.25, 0.3) is 5.91 Å². The molecule has 1 amide bonds. The van der Waals surface area contributed by atoms with Crippen LogP contribution in [0.2, 0.25) is 0 Å². The molecule has 120 valence electrons. The van der Waals surface area contributed by atoms with Crippen LogP contribution in [-0.2, 0) is 11.2 Å². The molecule has 0 saturated carbocycles. The summed E-state index contributed by atoms with van der Waals surface area (Å²) in [6.45, 7) is 1.32. The van der Waals surface area contributed by atoms with Crippen molar-refractivity contribution in [3.05, 3.63) is 42.2 Å². The van der Waals surface area contributed by atoms with Gasteiger partial charge in [-0.25, -0.2) is 14.1 Å². The van der Waals surface area contributed by atoms with E-state index in [1.807, 2.05) is 4.90 Å². The highest BCUT2D eigenvalue weighted by Gasteiger charge is 2.35. The second-order valence-corrected chi connectivity index (χ2v) is 6.02. The van der Waals surface area contributed by atoms with E-state index in [0.29, 0.717) is 25.3 Å². The third kappa shape index (κ3) is 2.67. The molecule has 0 spiro atoms. The Hall–Kier alpha value is -2.44. The molecule has 6 nitrogen and oxygen atoms in total. The molecule has 3 heterocycles. The summed E-state index contributed by atoms with van der Waals surface area (Å²) < 4.78 is 20.8. The quantitative estimate of drug-likeness (QED) is 0.844. The van der Waals surface area contributed by atoms with E-state index in [-0.39, 0.29) is 17.8 Å². The number of benzene rings is 1. The molecule has 7 heteroatoms. The van der Waals surface area contributed by atoms with Gasteiger partial charge in [0, 0.05) is 25.1 Å². The molecule has 2 aliphatic rings. The van der Waals surface area contributed by atoms with Crippen molar-refractivity contribution in [3.63, 3.8) is 0 Å². The van der Waals surface area contributed by atoms with E-state index in [1.54, 1.807) is 17.1 Å². The Balaban J connectivity index is 1.45. The van der Waals surface area contributed by atoms with Crippen LogP contribution in [0.1, 0.15) is 24.4 Å². The van der Waals surface area contributed by atoms with Crippen LogP contribution in [0.25, 0.3) is 0 Å². The number of likely N-dealkylation sites (tertiary alicyclic amines) is 1. The minimum absolute atomic E-state index is 0.0357. The number of aromatic nitrogens is 3. The summed E-state index contributed by atoms with van der Waals surface area (Å²) in [6.07, 6.45) is 4.96. The van der Waals surface area contributed by atoms with Crippen molar-refractivity contribution in [1.82, 2.24) is 19.7 Å². The van der Waals surface area contributed by atoms with Crippen LogP contribution in [-0.4, -0.2) is 44.8 Å². The lowest BCUT2D eigenvalue weighted by atomic mass is 10.0. The topological polar surface area (TPSA) is 60.2 Å². The number of fused-ring (bicyclic) bond motifs is 1. The minimum atomic E-state index is -0.554. The zero-order valence-corrected chi connectivity index (χ0v) is 12.6. The van der Waals surface area contributed by atoms with Crippen LogP contribution in [0.15, 0.2) is 30.9 Å². The number of hydrogen-bond acceptors (Lipinski definition) is 4. The van der Waals surface area contributed by atoms with Gasteiger partial charge >= 0.3 is 0 Å². The Morgan fingerprint density at radius 2 is 2.30 bits per heavy atom. The minimum Gasteiger partial charge on any atom is -0.480 e. The Morgan fingerprint density at radius 1 is 1.39 bits per heavy atom. The largest absolute Gasteiger partial charge is 0.480 e. The molecule has 23 heavy (non-hydrogen) atoms. The highest BCUT2D eigenvalue weighted by Crippen LogP contribution is 2.31. The average Bonchev–Trinajstić information content (AvgIpc) is 3.23. The molecule has 2 atom stereocenters. The van der Waals surface area contributed by atoms with Gasteiger partial charge in [0.2, 0.25) is 0 Å². The molecule has 0 N–H and O–H groups in total. The molecule has 1 saturated heterocycles. The summed E-state index contributed by atoms with van der Waals surface area (Å²) in [7, 11) is 0. The van der Waals surface area contributed by atoms with Crippen LogP contribution in [0.3, 0.4) is 0 Å². The molecule has 1 aromatic carbocycles. The lowest BCUT2D eigenvalue weighted by molar-refractivity contribution is -0.139. The van der Waals surface area contributed by atoms with Gasteiger partial charge in [-0.15, -0.1) is 0 Å². The first kappa shape index (κ1) is 14.2. The standard InChI is InChI=1S/C16H17FN4O2/c17-12-3-4-14-11(6-12)7-15(23-14)16(22)20-5-1-2-13(8-20)21-10-18-9-19-21/h3-4,6,9-10,13,15H,1-2,5,7-8H2/t13-,15+/m0/s1. The number of hydrogen-bond donors (Lipinski definition) is 0. The van der Waals surface area contributed by atoms with Gasteiger partial charge in [-0.1, -0.05) is 0 Å². The van der Waals surface area contributed by atoms with E-state index >= 15 is 0 Å². The lowest BCUT2D eigenvalue weighted by Gasteiger charge is -2.33. The second-order valence-electron chi connectivity index (χ2n) is 6.02. The number of piperidine rings is 1. The number of carbonyl (C=O) groups is 1. The average molecular weight is 316 g/mol. The molecule has 0 unspecified atom stereocenters. The first-order valence-electron chi connectivity index (χ1n) is 7.78. The molecule has 0 radical (unpaired) electrons. The summed E-state index contributed by atoms with van der Waals surface area (Å²) in [5, 5.41) is 4.17. The molecule has 1 fully saturated rings. The maximum atomic E-state index is 13.3. The van der Waals surface area contributed by atoms with Gasteiger partial charge in [0.1, 0.15) is 24.2 Å². The zero-order valence-electron chi connectivity index (χ0n) is 12.6. The van der Waals surface area contributed by atoms with Crippen molar-refractivity contribution in [3.8, 4) is 5.75 Å². The normalized spacial score (nSPS) is 23.4. The van der Waals surface area contributed by atoms with E-state index in [0.717, 1.165) is 18.4 Å². The molecule has 1 aromatic heterocycles. The Labute approximate surface area is 132 Å². The lowest BCUT2D eigenvalue weighted by Crippen LogP contribution is -2.46. The van der Waals surface area contributed by atoms with Gasteiger partial charge in [-0.05, 0) is 31.0 Å². The van der Waals surface area contributed by atoms with Gasteiger partial charge in [-0.2, -0.15) is 5.10 Å². The van der Waals surface area contributed by atoms with E-state index in [1.165, 1.54) is 18.5 Å². The van der Waals surface area contributed by atoms with Crippen LogP contribution in [0, 0.1) is 5.82 Å². The maximum Gasteiger partial charge on any atom is 0.264 e. The summed E-state index contributed by atoms with van der Waals surface area (Å²) in [4.78, 5) is 18.5. The Bertz CT molecular complexity index is 719. The van der Waals surface area contributed by atoms with Crippen LogP contribution >= 0.6 is 0 Å². The third-order valence-electron chi connectivity index (χ3n) is 4.49. The molecule has 2 aliphatic heterocycles. The molecule has 0 bridgehead atoms. The second kappa shape index (κ2) is 5.64. The highest BCUT2D eigenvalue weighted by atomic mass is 19.1. The first-order valence-corrected chi connectivity index (χ1v) is 7.78. The first-order chi connectivity index (χ1) is 11.2. The molecule has 0 aliphatic carbocycles. The maximum absolute atomic E-state index is 13.3. The van der Waals surface area contributed by atoms with Crippen molar-refractivity contribution in [2.45, 2.75) is 31.4 Å². The molecular formula is C16H17FN4O2. The van der Waals surface area contributed by atoms with E-state index in [2.05, 4.69) is 10.1 Å². The predicted octanol–water partition coefficient (Wildman–Crippen LogP) is 1.58. The number of halogens is 1. The SMILES string of the molecule is O=C([C@H]1Cc2cc(F)ccc2O1)N1CCC[C@H](n2cncn2)C1. The number of carbonyl (C=O) groups excluding carboxylic acids is 1.